The van der Waals surface area contributed by atoms with Crippen molar-refractivity contribution in [2.24, 2.45) is 0 Å². The standard InChI is InChI=1S/C28H24ClN3O4/c1-16-3-2-4-21(29)27(16)32-23(20(14-30-32)17-5-6-17)15-35-26-12-11-24-22(31-26)10-9-18-7-8-19(28(33)34)13-25(18)36-24/h2-4,7-8,11-14,17H,5-6,9-10,15H2,1H3,(H,33,34). The van der Waals surface area contributed by atoms with E-state index in [1.165, 1.54) is 5.56 Å². The number of hydrogen-bond donors (Lipinski definition) is 1. The number of carbonyl (C=O) groups is 1. The van der Waals surface area contributed by atoms with Crippen molar-refractivity contribution >= 4 is 17.6 Å². The Morgan fingerprint density at radius 2 is 2.03 bits per heavy atom. The van der Waals surface area contributed by atoms with Gasteiger partial charge in [0.25, 0.3) is 0 Å². The molecule has 1 saturated carbocycles. The van der Waals surface area contributed by atoms with E-state index in [9.17, 15) is 9.90 Å². The lowest BCUT2D eigenvalue weighted by Crippen LogP contribution is -2.10. The third kappa shape index (κ3) is 4.20. The zero-order chi connectivity index (χ0) is 24.8. The van der Waals surface area contributed by atoms with E-state index in [4.69, 9.17) is 26.1 Å². The third-order valence-electron chi connectivity index (χ3n) is 6.75. The summed E-state index contributed by atoms with van der Waals surface area (Å²) in [6.45, 7) is 2.33. The van der Waals surface area contributed by atoms with Crippen molar-refractivity contribution in [1.82, 2.24) is 14.8 Å². The average molecular weight is 502 g/mol. The highest BCUT2D eigenvalue weighted by Crippen LogP contribution is 2.43. The first-order valence-corrected chi connectivity index (χ1v) is 12.3. The highest BCUT2D eigenvalue weighted by atomic mass is 35.5. The Bertz CT molecular complexity index is 1470. The summed E-state index contributed by atoms with van der Waals surface area (Å²) in [5, 5.41) is 14.6. The second kappa shape index (κ2) is 8.99. The molecule has 0 radical (unpaired) electrons. The van der Waals surface area contributed by atoms with E-state index in [2.05, 4.69) is 5.10 Å². The maximum atomic E-state index is 11.4. The lowest BCUT2D eigenvalue weighted by molar-refractivity contribution is 0.0696. The summed E-state index contributed by atoms with van der Waals surface area (Å²) in [4.78, 5) is 16.1. The number of hydrogen-bond acceptors (Lipinski definition) is 5. The van der Waals surface area contributed by atoms with Gasteiger partial charge in [0.05, 0.1) is 33.9 Å². The van der Waals surface area contributed by atoms with Gasteiger partial charge in [0, 0.05) is 11.6 Å². The number of carboxylic acids is 1. The molecule has 0 spiro atoms. The second-order valence-corrected chi connectivity index (χ2v) is 9.66. The van der Waals surface area contributed by atoms with E-state index in [0.717, 1.165) is 41.0 Å². The van der Waals surface area contributed by atoms with Crippen molar-refractivity contribution in [2.75, 3.05) is 0 Å². The topological polar surface area (TPSA) is 86.5 Å². The molecule has 2 aliphatic rings. The molecule has 2 aromatic heterocycles. The molecule has 6 rings (SSSR count). The van der Waals surface area contributed by atoms with Crippen LogP contribution in [0.5, 0.6) is 17.4 Å². The highest BCUT2D eigenvalue weighted by molar-refractivity contribution is 6.32. The molecular formula is C28H24ClN3O4. The van der Waals surface area contributed by atoms with Crippen LogP contribution < -0.4 is 9.47 Å². The van der Waals surface area contributed by atoms with Crippen LogP contribution in [0.2, 0.25) is 5.02 Å². The van der Waals surface area contributed by atoms with Gasteiger partial charge in [0.15, 0.2) is 0 Å². The molecule has 8 heteroatoms. The fourth-order valence-corrected chi connectivity index (χ4v) is 4.98. The Hall–Kier alpha value is -3.84. The van der Waals surface area contributed by atoms with Gasteiger partial charge in [0.2, 0.25) is 5.88 Å². The Morgan fingerprint density at radius 1 is 1.17 bits per heavy atom. The van der Waals surface area contributed by atoms with E-state index in [1.54, 1.807) is 24.3 Å². The van der Waals surface area contributed by atoms with Crippen LogP contribution in [0.3, 0.4) is 0 Å². The van der Waals surface area contributed by atoms with Gasteiger partial charge in [-0.15, -0.1) is 0 Å². The Labute approximate surface area is 213 Å². The maximum Gasteiger partial charge on any atom is 0.335 e. The zero-order valence-electron chi connectivity index (χ0n) is 19.7. The van der Waals surface area contributed by atoms with Crippen molar-refractivity contribution in [3.63, 3.8) is 0 Å². The maximum absolute atomic E-state index is 11.4. The summed E-state index contributed by atoms with van der Waals surface area (Å²) in [7, 11) is 0. The van der Waals surface area contributed by atoms with Crippen molar-refractivity contribution in [1.29, 1.82) is 0 Å². The van der Waals surface area contributed by atoms with Crippen LogP contribution in [-0.4, -0.2) is 25.8 Å². The number of fused-ring (bicyclic) bond motifs is 2. The number of nitrogens with zero attached hydrogens (tertiary/aromatic N) is 3. The molecule has 3 heterocycles. The fourth-order valence-electron chi connectivity index (χ4n) is 4.67. The fraction of sp³-hybridized carbons (Fsp3) is 0.250. The number of rotatable bonds is 6. The molecule has 2 aromatic carbocycles. The number of halogens is 1. The van der Waals surface area contributed by atoms with Crippen LogP contribution >= 0.6 is 11.6 Å². The predicted octanol–water partition coefficient (Wildman–Crippen LogP) is 6.27. The first kappa shape index (κ1) is 22.6. The third-order valence-corrected chi connectivity index (χ3v) is 7.05. The molecule has 1 fully saturated rings. The monoisotopic (exact) mass is 501 g/mol. The molecule has 1 N–H and O–H groups in total. The number of aryl methyl sites for hydroxylation is 3. The first-order chi connectivity index (χ1) is 17.5. The van der Waals surface area contributed by atoms with Crippen LogP contribution in [0.4, 0.5) is 0 Å². The Kier molecular flexibility index (Phi) is 5.64. The van der Waals surface area contributed by atoms with Crippen LogP contribution in [0, 0.1) is 6.92 Å². The van der Waals surface area contributed by atoms with Crippen molar-refractivity contribution in [3.8, 4) is 23.1 Å². The molecule has 0 amide bonds. The lowest BCUT2D eigenvalue weighted by Gasteiger charge is -2.15. The van der Waals surface area contributed by atoms with Crippen molar-refractivity contribution in [2.45, 2.75) is 45.1 Å². The van der Waals surface area contributed by atoms with Gasteiger partial charge in [-0.25, -0.2) is 14.5 Å². The van der Waals surface area contributed by atoms with E-state index in [0.29, 0.717) is 47.8 Å². The van der Waals surface area contributed by atoms with Crippen molar-refractivity contribution < 1.29 is 19.4 Å². The van der Waals surface area contributed by atoms with Gasteiger partial charge in [0.1, 0.15) is 18.1 Å². The molecule has 36 heavy (non-hydrogen) atoms. The molecule has 1 aliphatic carbocycles. The zero-order valence-corrected chi connectivity index (χ0v) is 20.5. The molecule has 0 atom stereocenters. The summed E-state index contributed by atoms with van der Waals surface area (Å²) in [6, 6.07) is 14.4. The minimum absolute atomic E-state index is 0.196. The van der Waals surface area contributed by atoms with Gasteiger partial charge in [-0.2, -0.15) is 5.10 Å². The van der Waals surface area contributed by atoms with Gasteiger partial charge >= 0.3 is 5.97 Å². The number of para-hydroxylation sites is 1. The van der Waals surface area contributed by atoms with Gasteiger partial charge in [-0.05, 0) is 73.9 Å². The Morgan fingerprint density at radius 3 is 2.81 bits per heavy atom. The van der Waals surface area contributed by atoms with Crippen LogP contribution in [0.1, 0.15) is 57.2 Å². The minimum atomic E-state index is -0.982. The van der Waals surface area contributed by atoms with E-state index >= 15 is 0 Å². The van der Waals surface area contributed by atoms with Crippen molar-refractivity contribution in [3.05, 3.63) is 93.4 Å². The largest absolute Gasteiger partial charge is 0.478 e. The number of aromatic carboxylic acids is 1. The SMILES string of the molecule is Cc1cccc(Cl)c1-n1ncc(C2CC2)c1COc1ccc2c(n1)CCc1ccc(C(=O)O)cc1O2. The summed E-state index contributed by atoms with van der Waals surface area (Å²) in [5.74, 6) is 1.18. The minimum Gasteiger partial charge on any atom is -0.478 e. The average Bonchev–Trinajstić information content (AvgIpc) is 3.65. The second-order valence-electron chi connectivity index (χ2n) is 9.25. The number of aromatic nitrogens is 3. The molecule has 1 aliphatic heterocycles. The number of pyridine rings is 1. The van der Waals surface area contributed by atoms with E-state index in [-0.39, 0.29) is 5.56 Å². The predicted molar refractivity (Wildman–Crippen MR) is 135 cm³/mol. The molecule has 182 valence electrons. The van der Waals surface area contributed by atoms with E-state index in [1.807, 2.05) is 42.1 Å². The first-order valence-electron chi connectivity index (χ1n) is 12.0. The number of carboxylic acid groups (broad SMARTS) is 1. The molecular weight excluding hydrogens is 478 g/mol. The number of benzene rings is 2. The van der Waals surface area contributed by atoms with E-state index < -0.39 is 5.97 Å². The smallest absolute Gasteiger partial charge is 0.335 e. The van der Waals surface area contributed by atoms with Crippen LogP contribution in [-0.2, 0) is 19.4 Å². The molecule has 0 bridgehead atoms. The van der Waals surface area contributed by atoms with Crippen LogP contribution in [0.15, 0.2) is 54.7 Å². The number of ether oxygens (including phenoxy) is 2. The summed E-state index contributed by atoms with van der Waals surface area (Å²) in [6.07, 6.45) is 5.59. The molecule has 4 aromatic rings. The highest BCUT2D eigenvalue weighted by Gasteiger charge is 2.30. The van der Waals surface area contributed by atoms with Gasteiger partial charge in [-0.1, -0.05) is 29.8 Å². The van der Waals surface area contributed by atoms with Gasteiger partial charge < -0.3 is 14.6 Å². The summed E-state index contributed by atoms with van der Waals surface area (Å²) >= 11 is 6.56. The molecule has 7 nitrogen and oxygen atoms in total. The normalized spacial score (nSPS) is 14.4. The summed E-state index contributed by atoms with van der Waals surface area (Å²) < 4.78 is 14.1. The lowest BCUT2D eigenvalue weighted by atomic mass is 10.1. The summed E-state index contributed by atoms with van der Waals surface area (Å²) in [5.41, 5.74) is 6.01. The van der Waals surface area contributed by atoms with Crippen LogP contribution in [0.25, 0.3) is 5.69 Å². The molecule has 0 saturated heterocycles. The quantitative estimate of drug-likeness (QED) is 0.335. The van der Waals surface area contributed by atoms with Gasteiger partial charge in [-0.3, -0.25) is 0 Å². The molecule has 0 unspecified atom stereocenters. The Balaban J connectivity index is 1.27.